The van der Waals surface area contributed by atoms with E-state index in [4.69, 9.17) is 26.1 Å². The molecule has 3 aromatic carbocycles. The van der Waals surface area contributed by atoms with E-state index in [0.717, 1.165) is 49.3 Å². The predicted molar refractivity (Wildman–Crippen MR) is 159 cm³/mol. The van der Waals surface area contributed by atoms with Crippen molar-refractivity contribution in [2.24, 2.45) is 0 Å². The number of hydrogen-bond donors (Lipinski definition) is 2. The monoisotopic (exact) mass is 571 g/mol. The Labute approximate surface area is 243 Å². The quantitative estimate of drug-likeness (QED) is 0.339. The van der Waals surface area contributed by atoms with Crippen LogP contribution in [0.25, 0.3) is 10.9 Å². The lowest BCUT2D eigenvalue weighted by Gasteiger charge is -2.32. The summed E-state index contributed by atoms with van der Waals surface area (Å²) < 4.78 is 11.1. The van der Waals surface area contributed by atoms with Gasteiger partial charge < -0.3 is 25.0 Å². The van der Waals surface area contributed by atoms with Gasteiger partial charge in [-0.05, 0) is 67.7 Å². The highest BCUT2D eigenvalue weighted by Gasteiger charge is 2.17. The summed E-state index contributed by atoms with van der Waals surface area (Å²) in [6, 6.07) is 19.4. The second-order valence-corrected chi connectivity index (χ2v) is 10.7. The predicted octanol–water partition coefficient (Wildman–Crippen LogP) is 4.91. The number of ether oxygens (including phenoxy) is 2. The van der Waals surface area contributed by atoms with E-state index in [2.05, 4.69) is 27.5 Å². The zero-order chi connectivity index (χ0) is 28.3. The number of carbonyl (C=O) groups excluding carboxylic acids is 2. The van der Waals surface area contributed by atoms with Gasteiger partial charge in [-0.1, -0.05) is 17.7 Å². The Morgan fingerprint density at radius 2 is 1.56 bits per heavy atom. The molecule has 4 aromatic rings. The maximum absolute atomic E-state index is 13.1. The minimum atomic E-state index is -0.324. The summed E-state index contributed by atoms with van der Waals surface area (Å²) in [5.41, 5.74) is 3.63. The van der Waals surface area contributed by atoms with Crippen LogP contribution >= 0.6 is 11.6 Å². The first-order valence-corrected chi connectivity index (χ1v) is 13.9. The Morgan fingerprint density at radius 1 is 0.829 bits per heavy atom. The molecule has 0 bridgehead atoms. The van der Waals surface area contributed by atoms with Crippen LogP contribution < -0.4 is 20.1 Å². The minimum Gasteiger partial charge on any atom is -0.486 e. The molecule has 0 spiro atoms. The van der Waals surface area contributed by atoms with Crippen molar-refractivity contribution in [3.63, 3.8) is 0 Å². The highest BCUT2D eigenvalue weighted by atomic mass is 35.5. The maximum Gasteiger partial charge on any atom is 0.255 e. The third-order valence-corrected chi connectivity index (χ3v) is 7.60. The average molecular weight is 572 g/mol. The fourth-order valence-electron chi connectivity index (χ4n) is 4.91. The number of pyridine rings is 1. The number of fused-ring (bicyclic) bond motifs is 2. The van der Waals surface area contributed by atoms with Gasteiger partial charge in [0.15, 0.2) is 11.5 Å². The normalized spacial score (nSPS) is 15.5. The SMILES string of the molecule is CN1CCN(Cc2ccc3cc(C(=O)Nc4cc(NC(=O)c5ccc6c(c5)OCCO6)ccc4Cl)ccc3n2)CC1. The second kappa shape index (κ2) is 11.7. The van der Waals surface area contributed by atoms with E-state index in [1.54, 1.807) is 42.5 Å². The van der Waals surface area contributed by atoms with Gasteiger partial charge in [-0.2, -0.15) is 0 Å². The van der Waals surface area contributed by atoms with Crippen LogP contribution in [-0.4, -0.2) is 73.0 Å². The van der Waals surface area contributed by atoms with E-state index in [-0.39, 0.29) is 11.8 Å². The van der Waals surface area contributed by atoms with Gasteiger partial charge in [0.1, 0.15) is 13.2 Å². The second-order valence-electron chi connectivity index (χ2n) is 10.3. The molecule has 1 aromatic heterocycles. The van der Waals surface area contributed by atoms with E-state index < -0.39 is 0 Å². The summed E-state index contributed by atoms with van der Waals surface area (Å²) in [5.74, 6) is 0.505. The van der Waals surface area contributed by atoms with Crippen LogP contribution in [0.3, 0.4) is 0 Å². The molecular formula is C31H30ClN5O4. The van der Waals surface area contributed by atoms with Crippen molar-refractivity contribution in [3.05, 3.63) is 88.6 Å². The van der Waals surface area contributed by atoms with Crippen molar-refractivity contribution >= 4 is 45.7 Å². The zero-order valence-corrected chi connectivity index (χ0v) is 23.4. The zero-order valence-electron chi connectivity index (χ0n) is 22.7. The lowest BCUT2D eigenvalue weighted by atomic mass is 10.1. The largest absolute Gasteiger partial charge is 0.486 e. The number of anilines is 2. The molecule has 0 unspecified atom stereocenters. The molecule has 10 heteroatoms. The fraction of sp³-hybridized carbons (Fsp3) is 0.258. The minimum absolute atomic E-state index is 0.314. The van der Waals surface area contributed by atoms with Crippen LogP contribution in [-0.2, 0) is 6.54 Å². The molecule has 6 rings (SSSR count). The molecule has 2 amide bonds. The summed E-state index contributed by atoms with van der Waals surface area (Å²) in [7, 11) is 2.14. The van der Waals surface area contributed by atoms with Crippen LogP contribution in [0.1, 0.15) is 26.4 Å². The van der Waals surface area contributed by atoms with Crippen LogP contribution in [0.5, 0.6) is 11.5 Å². The molecule has 210 valence electrons. The molecule has 0 aliphatic carbocycles. The van der Waals surface area contributed by atoms with E-state index in [1.807, 2.05) is 24.3 Å². The number of amides is 2. The Kier molecular flexibility index (Phi) is 7.74. The summed E-state index contributed by atoms with van der Waals surface area (Å²) in [6.07, 6.45) is 0. The molecule has 2 aliphatic heterocycles. The number of piperazine rings is 1. The number of benzene rings is 3. The number of nitrogens with one attached hydrogen (secondary N) is 2. The lowest BCUT2D eigenvalue weighted by molar-refractivity contribution is 0.101. The molecule has 9 nitrogen and oxygen atoms in total. The number of likely N-dealkylation sites (N-methyl/N-ethyl adjacent to an activating group) is 1. The highest BCUT2D eigenvalue weighted by Crippen LogP contribution is 2.32. The molecule has 2 aliphatic rings. The molecule has 1 saturated heterocycles. The van der Waals surface area contributed by atoms with Gasteiger partial charge in [-0.15, -0.1) is 0 Å². The van der Waals surface area contributed by atoms with Gasteiger partial charge in [0.05, 0.1) is 21.9 Å². The lowest BCUT2D eigenvalue weighted by Crippen LogP contribution is -2.43. The smallest absolute Gasteiger partial charge is 0.255 e. The Bertz CT molecular complexity index is 1620. The topological polar surface area (TPSA) is 96.0 Å². The van der Waals surface area contributed by atoms with Gasteiger partial charge in [-0.25, -0.2) is 0 Å². The molecule has 2 N–H and O–H groups in total. The van der Waals surface area contributed by atoms with Crippen LogP contribution in [0.4, 0.5) is 11.4 Å². The van der Waals surface area contributed by atoms with E-state index in [0.29, 0.717) is 52.2 Å². The van der Waals surface area contributed by atoms with Gasteiger partial charge in [0.25, 0.3) is 11.8 Å². The molecule has 1 fully saturated rings. The number of rotatable bonds is 6. The molecule has 0 saturated carbocycles. The summed E-state index contributed by atoms with van der Waals surface area (Å²) in [6.45, 7) is 5.90. The average Bonchev–Trinajstić information content (AvgIpc) is 2.99. The summed E-state index contributed by atoms with van der Waals surface area (Å²) in [5, 5.41) is 6.95. The van der Waals surface area contributed by atoms with Crippen molar-refractivity contribution in [3.8, 4) is 11.5 Å². The van der Waals surface area contributed by atoms with Crippen LogP contribution in [0, 0.1) is 0 Å². The van der Waals surface area contributed by atoms with Crippen molar-refractivity contribution < 1.29 is 19.1 Å². The number of aromatic nitrogens is 1. The Morgan fingerprint density at radius 3 is 2.39 bits per heavy atom. The van der Waals surface area contributed by atoms with Crippen LogP contribution in [0.15, 0.2) is 66.7 Å². The standard InChI is InChI=1S/C31H30ClN5O4/c1-36-10-12-37(13-11-36)19-24-5-2-20-16-21(3-8-26(20)33-24)31(39)35-27-18-23(6-7-25(27)32)34-30(38)22-4-9-28-29(17-22)41-15-14-40-28/h2-9,16-18H,10-15,19H2,1H3,(H,34,38)(H,35,39). The molecule has 0 radical (unpaired) electrons. The first-order valence-electron chi connectivity index (χ1n) is 13.5. The Balaban J connectivity index is 1.12. The third kappa shape index (κ3) is 6.27. The van der Waals surface area contributed by atoms with E-state index in [9.17, 15) is 9.59 Å². The van der Waals surface area contributed by atoms with Crippen molar-refractivity contribution in [2.75, 3.05) is 57.1 Å². The van der Waals surface area contributed by atoms with Gasteiger partial charge in [0.2, 0.25) is 0 Å². The van der Waals surface area contributed by atoms with Crippen molar-refractivity contribution in [2.45, 2.75) is 6.54 Å². The Hall–Kier alpha value is -4.18. The number of carbonyl (C=O) groups is 2. The first kappa shape index (κ1) is 27.0. The molecule has 41 heavy (non-hydrogen) atoms. The van der Waals surface area contributed by atoms with E-state index in [1.165, 1.54) is 0 Å². The summed E-state index contributed by atoms with van der Waals surface area (Å²) in [4.78, 5) is 35.6. The number of halogens is 1. The van der Waals surface area contributed by atoms with Crippen LogP contribution in [0.2, 0.25) is 5.02 Å². The van der Waals surface area contributed by atoms with Gasteiger partial charge >= 0.3 is 0 Å². The van der Waals surface area contributed by atoms with Gasteiger partial charge in [0, 0.05) is 54.9 Å². The van der Waals surface area contributed by atoms with Crippen molar-refractivity contribution in [1.82, 2.24) is 14.8 Å². The molecule has 3 heterocycles. The van der Waals surface area contributed by atoms with Gasteiger partial charge in [-0.3, -0.25) is 19.5 Å². The highest BCUT2D eigenvalue weighted by molar-refractivity contribution is 6.34. The number of hydrogen-bond acceptors (Lipinski definition) is 7. The third-order valence-electron chi connectivity index (χ3n) is 7.27. The first-order chi connectivity index (χ1) is 19.9. The molecule has 0 atom stereocenters. The fourth-order valence-corrected chi connectivity index (χ4v) is 5.08. The van der Waals surface area contributed by atoms with Crippen molar-refractivity contribution in [1.29, 1.82) is 0 Å². The number of nitrogens with zero attached hydrogens (tertiary/aromatic N) is 3. The van der Waals surface area contributed by atoms with E-state index >= 15 is 0 Å². The summed E-state index contributed by atoms with van der Waals surface area (Å²) >= 11 is 6.39. The molecular weight excluding hydrogens is 542 g/mol. The maximum atomic E-state index is 13.1.